The Bertz CT molecular complexity index is 438. The third-order valence-corrected chi connectivity index (χ3v) is 3.76. The molecule has 1 aromatic heterocycles. The first-order valence-electron chi connectivity index (χ1n) is 3.18. The van der Waals surface area contributed by atoms with E-state index in [9.17, 15) is 0 Å². The zero-order valence-electron chi connectivity index (χ0n) is 5.84. The molecular weight excluding hydrogens is 304 g/mol. The number of nitrogens with zero attached hydrogens (tertiary/aromatic N) is 1. The first-order valence-corrected chi connectivity index (χ1v) is 5.59. The average Bonchev–Trinajstić information content (AvgIpc) is 2.39. The zero-order valence-corrected chi connectivity index (χ0v) is 9.83. The second kappa shape index (κ2) is 2.97. The predicted molar refractivity (Wildman–Crippen MR) is 59.4 cm³/mol. The molecule has 12 heavy (non-hydrogen) atoms. The monoisotopic (exact) mass is 306 g/mol. The molecule has 2 nitrogen and oxygen atoms in total. The van der Waals surface area contributed by atoms with Crippen LogP contribution in [0.25, 0.3) is 10.2 Å². The normalized spacial score (nSPS) is 10.8. The fourth-order valence-electron chi connectivity index (χ4n) is 0.961. The van der Waals surface area contributed by atoms with Crippen molar-refractivity contribution in [3.05, 3.63) is 20.5 Å². The van der Waals surface area contributed by atoms with E-state index in [4.69, 9.17) is 5.73 Å². The van der Waals surface area contributed by atoms with Gasteiger partial charge >= 0.3 is 0 Å². The van der Waals surface area contributed by atoms with Crippen molar-refractivity contribution < 1.29 is 0 Å². The first-order chi connectivity index (χ1) is 5.68. The lowest BCUT2D eigenvalue weighted by atomic mass is 10.3. The van der Waals surface area contributed by atoms with Gasteiger partial charge in [-0.25, -0.2) is 4.98 Å². The van der Waals surface area contributed by atoms with Crippen LogP contribution < -0.4 is 5.73 Å². The van der Waals surface area contributed by atoms with E-state index in [1.807, 2.05) is 12.1 Å². The Morgan fingerprint density at radius 3 is 2.83 bits per heavy atom. The summed E-state index contributed by atoms with van der Waals surface area (Å²) < 4.78 is 2.81. The van der Waals surface area contributed by atoms with Gasteiger partial charge in [-0.15, -0.1) is 11.3 Å². The first kappa shape index (κ1) is 8.47. The smallest absolute Gasteiger partial charge is 0.160 e. The van der Waals surface area contributed by atoms with E-state index in [1.165, 1.54) is 0 Å². The molecular formula is C7H4Br2N2S. The summed E-state index contributed by atoms with van der Waals surface area (Å²) in [6.07, 6.45) is 0. The number of hydrogen-bond acceptors (Lipinski definition) is 3. The molecule has 0 saturated carbocycles. The van der Waals surface area contributed by atoms with Crippen molar-refractivity contribution in [3.63, 3.8) is 0 Å². The highest BCUT2D eigenvalue weighted by molar-refractivity contribution is 9.11. The van der Waals surface area contributed by atoms with E-state index >= 15 is 0 Å². The molecule has 0 amide bonds. The third-order valence-electron chi connectivity index (χ3n) is 1.52. The molecule has 0 aliphatic heterocycles. The Hall–Kier alpha value is -0.130. The standard InChI is InChI=1S/C7H4Br2N2S/c8-3-1-2-4-6(5(3)10)12-7(9)11-4/h1-2H,10H2. The van der Waals surface area contributed by atoms with Crippen LogP contribution in [0, 0.1) is 0 Å². The molecule has 0 unspecified atom stereocenters. The summed E-state index contributed by atoms with van der Waals surface area (Å²) in [5.41, 5.74) is 7.53. The van der Waals surface area contributed by atoms with Crippen LogP contribution in [-0.2, 0) is 0 Å². The maximum atomic E-state index is 5.83. The van der Waals surface area contributed by atoms with Gasteiger partial charge in [0.2, 0.25) is 0 Å². The molecule has 0 aliphatic rings. The van der Waals surface area contributed by atoms with Crippen LogP contribution in [0.4, 0.5) is 5.69 Å². The van der Waals surface area contributed by atoms with Crippen molar-refractivity contribution in [2.24, 2.45) is 0 Å². The molecule has 5 heteroatoms. The Morgan fingerprint density at radius 1 is 1.33 bits per heavy atom. The van der Waals surface area contributed by atoms with Crippen molar-refractivity contribution in [2.45, 2.75) is 0 Å². The zero-order chi connectivity index (χ0) is 8.72. The molecule has 0 saturated heterocycles. The van der Waals surface area contributed by atoms with Gasteiger partial charge in [-0.2, -0.15) is 0 Å². The van der Waals surface area contributed by atoms with Gasteiger partial charge in [-0.3, -0.25) is 0 Å². The maximum absolute atomic E-state index is 5.83. The molecule has 62 valence electrons. The Labute approximate surface area is 90.0 Å². The number of aromatic nitrogens is 1. The predicted octanol–water partition coefficient (Wildman–Crippen LogP) is 3.40. The van der Waals surface area contributed by atoms with Crippen molar-refractivity contribution in [1.82, 2.24) is 4.98 Å². The van der Waals surface area contributed by atoms with E-state index < -0.39 is 0 Å². The van der Waals surface area contributed by atoms with E-state index in [0.717, 1.165) is 24.3 Å². The summed E-state index contributed by atoms with van der Waals surface area (Å²) in [5.74, 6) is 0. The second-order valence-electron chi connectivity index (χ2n) is 2.28. The summed E-state index contributed by atoms with van der Waals surface area (Å²) in [6.45, 7) is 0. The second-order valence-corrected chi connectivity index (χ2v) is 5.41. The number of hydrogen-bond donors (Lipinski definition) is 1. The highest BCUT2D eigenvalue weighted by atomic mass is 79.9. The lowest BCUT2D eigenvalue weighted by Crippen LogP contribution is -1.85. The van der Waals surface area contributed by atoms with Crippen LogP contribution in [-0.4, -0.2) is 4.98 Å². The minimum absolute atomic E-state index is 0.760. The van der Waals surface area contributed by atoms with Crippen LogP contribution in [0.2, 0.25) is 0 Å². The molecule has 0 spiro atoms. The number of benzene rings is 1. The van der Waals surface area contributed by atoms with E-state index in [1.54, 1.807) is 11.3 Å². The number of rotatable bonds is 0. The molecule has 2 rings (SSSR count). The fraction of sp³-hybridized carbons (Fsp3) is 0. The van der Waals surface area contributed by atoms with Crippen molar-refractivity contribution >= 4 is 59.1 Å². The van der Waals surface area contributed by atoms with Crippen molar-refractivity contribution in [2.75, 3.05) is 5.73 Å². The molecule has 0 bridgehead atoms. The Balaban J connectivity index is 2.89. The number of nitrogens with two attached hydrogens (primary N) is 1. The summed E-state index contributed by atoms with van der Waals surface area (Å²) in [4.78, 5) is 4.25. The van der Waals surface area contributed by atoms with Crippen LogP contribution in [0.3, 0.4) is 0 Å². The van der Waals surface area contributed by atoms with Crippen LogP contribution >= 0.6 is 43.2 Å². The minimum atomic E-state index is 0.760. The number of anilines is 1. The molecule has 0 atom stereocenters. The van der Waals surface area contributed by atoms with Crippen LogP contribution in [0.1, 0.15) is 0 Å². The van der Waals surface area contributed by atoms with Gasteiger partial charge in [0.1, 0.15) is 0 Å². The maximum Gasteiger partial charge on any atom is 0.160 e. The summed E-state index contributed by atoms with van der Waals surface area (Å²) in [5, 5.41) is 0. The molecule has 0 fully saturated rings. The van der Waals surface area contributed by atoms with Gasteiger partial charge in [0.15, 0.2) is 3.92 Å². The number of halogens is 2. The van der Waals surface area contributed by atoms with Gasteiger partial charge in [0.05, 0.1) is 15.9 Å². The van der Waals surface area contributed by atoms with Gasteiger partial charge in [0, 0.05) is 4.47 Å². The summed E-state index contributed by atoms with van der Waals surface area (Å²) in [6, 6.07) is 3.85. The van der Waals surface area contributed by atoms with E-state index in [2.05, 4.69) is 36.8 Å². The molecule has 0 aliphatic carbocycles. The highest BCUT2D eigenvalue weighted by Crippen LogP contribution is 2.34. The topological polar surface area (TPSA) is 38.9 Å². The average molecular weight is 308 g/mol. The lowest BCUT2D eigenvalue weighted by Gasteiger charge is -1.96. The minimum Gasteiger partial charge on any atom is -0.397 e. The lowest BCUT2D eigenvalue weighted by molar-refractivity contribution is 1.45. The largest absolute Gasteiger partial charge is 0.397 e. The van der Waals surface area contributed by atoms with Crippen molar-refractivity contribution in [3.8, 4) is 0 Å². The number of nitrogen functional groups attached to an aromatic ring is 1. The highest BCUT2D eigenvalue weighted by Gasteiger charge is 2.06. The molecule has 1 aromatic carbocycles. The Kier molecular flexibility index (Phi) is 2.10. The molecule has 1 heterocycles. The summed E-state index contributed by atoms with van der Waals surface area (Å²) >= 11 is 8.23. The quantitative estimate of drug-likeness (QED) is 0.758. The SMILES string of the molecule is Nc1c(Br)ccc2nc(Br)sc12. The van der Waals surface area contributed by atoms with E-state index in [0.29, 0.717) is 0 Å². The molecule has 0 radical (unpaired) electrons. The van der Waals surface area contributed by atoms with Gasteiger partial charge in [0.25, 0.3) is 0 Å². The van der Waals surface area contributed by atoms with Crippen LogP contribution in [0.15, 0.2) is 20.5 Å². The van der Waals surface area contributed by atoms with Crippen LogP contribution in [0.5, 0.6) is 0 Å². The third kappa shape index (κ3) is 1.26. The number of fused-ring (bicyclic) bond motifs is 1. The Morgan fingerprint density at radius 2 is 2.08 bits per heavy atom. The van der Waals surface area contributed by atoms with Gasteiger partial charge in [-0.05, 0) is 44.0 Å². The summed E-state index contributed by atoms with van der Waals surface area (Å²) in [7, 11) is 0. The molecule has 2 N–H and O–H groups in total. The van der Waals surface area contributed by atoms with E-state index in [-0.39, 0.29) is 0 Å². The van der Waals surface area contributed by atoms with Gasteiger partial charge < -0.3 is 5.73 Å². The van der Waals surface area contributed by atoms with Gasteiger partial charge in [-0.1, -0.05) is 0 Å². The molecule has 2 aromatic rings. The number of thiazole rings is 1. The van der Waals surface area contributed by atoms with Crippen molar-refractivity contribution in [1.29, 1.82) is 0 Å². The fourth-order valence-corrected chi connectivity index (χ4v) is 2.85.